The summed E-state index contributed by atoms with van der Waals surface area (Å²) in [5.74, 6) is 2.76. The summed E-state index contributed by atoms with van der Waals surface area (Å²) in [6.07, 6.45) is 0.934. The predicted molar refractivity (Wildman–Crippen MR) is 63.1 cm³/mol. The van der Waals surface area contributed by atoms with E-state index >= 15 is 0 Å². The monoisotopic (exact) mass is 231 g/mol. The van der Waals surface area contributed by atoms with Crippen LogP contribution in [-0.4, -0.2) is 28.7 Å². The molecule has 14 heavy (non-hydrogen) atoms. The van der Waals surface area contributed by atoms with Crippen molar-refractivity contribution in [3.05, 3.63) is 5.82 Å². The van der Waals surface area contributed by atoms with Crippen molar-refractivity contribution in [2.75, 3.05) is 19.3 Å². The number of hydrogen-bond donors (Lipinski definition) is 1. The molecule has 0 spiro atoms. The highest BCUT2D eigenvalue weighted by Gasteiger charge is 2.06. The Balaban J connectivity index is 2.30. The molecule has 3 nitrogen and oxygen atoms in total. The Morgan fingerprint density at radius 3 is 2.93 bits per heavy atom. The third-order valence-corrected chi connectivity index (χ3v) is 4.01. The Labute approximate surface area is 93.9 Å². The van der Waals surface area contributed by atoms with E-state index in [9.17, 15) is 0 Å². The molecule has 0 aromatic carbocycles. The standard InChI is InChI=1S/C9H17N3S2/c1-4-8-11-9(14-12-8)13-6-7(2)5-10-3/h7,10H,4-6H2,1-3H3. The average molecular weight is 231 g/mol. The maximum atomic E-state index is 4.41. The number of aromatic nitrogens is 2. The van der Waals surface area contributed by atoms with Crippen molar-refractivity contribution in [2.24, 2.45) is 5.92 Å². The first kappa shape index (κ1) is 11.9. The van der Waals surface area contributed by atoms with Gasteiger partial charge in [0.1, 0.15) is 5.82 Å². The van der Waals surface area contributed by atoms with Crippen molar-refractivity contribution in [1.29, 1.82) is 0 Å². The molecule has 1 heterocycles. The molecule has 0 bridgehead atoms. The van der Waals surface area contributed by atoms with Crippen LogP contribution in [0.15, 0.2) is 4.34 Å². The fourth-order valence-corrected chi connectivity index (χ4v) is 2.80. The van der Waals surface area contributed by atoms with Crippen LogP contribution in [0.4, 0.5) is 0 Å². The zero-order chi connectivity index (χ0) is 10.4. The Morgan fingerprint density at radius 1 is 1.57 bits per heavy atom. The molecule has 80 valence electrons. The number of rotatable bonds is 6. The SMILES string of the molecule is CCc1nsc(SCC(C)CNC)n1. The van der Waals surface area contributed by atoms with E-state index in [1.807, 2.05) is 18.8 Å². The van der Waals surface area contributed by atoms with E-state index in [1.54, 1.807) is 0 Å². The number of hydrogen-bond acceptors (Lipinski definition) is 5. The molecule has 1 unspecified atom stereocenters. The summed E-state index contributed by atoms with van der Waals surface area (Å²) in [5.41, 5.74) is 0. The van der Waals surface area contributed by atoms with Gasteiger partial charge in [0.25, 0.3) is 0 Å². The predicted octanol–water partition coefficient (Wildman–Crippen LogP) is 2.05. The second kappa shape index (κ2) is 6.37. The second-order valence-corrected chi connectivity index (χ2v) is 5.32. The van der Waals surface area contributed by atoms with Crippen molar-refractivity contribution in [3.63, 3.8) is 0 Å². The molecule has 0 aliphatic heterocycles. The first-order chi connectivity index (χ1) is 6.76. The van der Waals surface area contributed by atoms with Gasteiger partial charge in [0.05, 0.1) is 0 Å². The fraction of sp³-hybridized carbons (Fsp3) is 0.778. The van der Waals surface area contributed by atoms with Crippen molar-refractivity contribution in [2.45, 2.75) is 24.6 Å². The first-order valence-corrected chi connectivity index (χ1v) is 6.62. The molecule has 0 amide bonds. The molecule has 0 saturated heterocycles. The van der Waals surface area contributed by atoms with Gasteiger partial charge >= 0.3 is 0 Å². The normalized spacial score (nSPS) is 13.1. The molecule has 0 radical (unpaired) electrons. The summed E-state index contributed by atoms with van der Waals surface area (Å²) in [6.45, 7) is 5.39. The van der Waals surface area contributed by atoms with Gasteiger partial charge in [0.15, 0.2) is 4.34 Å². The second-order valence-electron chi connectivity index (χ2n) is 3.30. The summed E-state index contributed by atoms with van der Waals surface area (Å²) in [4.78, 5) is 4.41. The molecule has 0 fully saturated rings. The Kier molecular flexibility index (Phi) is 5.44. The lowest BCUT2D eigenvalue weighted by molar-refractivity contribution is 0.603. The van der Waals surface area contributed by atoms with Gasteiger partial charge in [-0.05, 0) is 31.0 Å². The molecule has 1 N–H and O–H groups in total. The number of thioether (sulfide) groups is 1. The molecular formula is C9H17N3S2. The van der Waals surface area contributed by atoms with Crippen LogP contribution < -0.4 is 5.32 Å². The molecule has 5 heteroatoms. The summed E-state index contributed by atoms with van der Waals surface area (Å²) < 4.78 is 5.35. The quantitative estimate of drug-likeness (QED) is 0.760. The van der Waals surface area contributed by atoms with Crippen LogP contribution in [-0.2, 0) is 6.42 Å². The maximum Gasteiger partial charge on any atom is 0.170 e. The van der Waals surface area contributed by atoms with Crippen molar-refractivity contribution < 1.29 is 0 Å². The van der Waals surface area contributed by atoms with Crippen LogP contribution in [0.1, 0.15) is 19.7 Å². The van der Waals surface area contributed by atoms with E-state index in [0.717, 1.165) is 28.9 Å². The largest absolute Gasteiger partial charge is 0.319 e. The number of aryl methyl sites for hydroxylation is 1. The molecule has 1 atom stereocenters. The van der Waals surface area contributed by atoms with E-state index in [4.69, 9.17) is 0 Å². The van der Waals surface area contributed by atoms with Gasteiger partial charge in [0.2, 0.25) is 0 Å². The van der Waals surface area contributed by atoms with Crippen molar-refractivity contribution in [1.82, 2.24) is 14.7 Å². The summed E-state index contributed by atoms with van der Waals surface area (Å²) in [7, 11) is 1.99. The molecule has 0 aliphatic carbocycles. The van der Waals surface area contributed by atoms with Crippen LogP contribution in [0, 0.1) is 5.92 Å². The molecule has 1 rings (SSSR count). The fourth-order valence-electron chi connectivity index (χ4n) is 1.06. The van der Waals surface area contributed by atoms with E-state index in [0.29, 0.717) is 5.92 Å². The lowest BCUT2D eigenvalue weighted by Crippen LogP contribution is -2.17. The maximum absolute atomic E-state index is 4.41. The van der Waals surface area contributed by atoms with Crippen LogP contribution in [0.2, 0.25) is 0 Å². The molecule has 1 aromatic heterocycles. The van der Waals surface area contributed by atoms with Crippen LogP contribution in [0.3, 0.4) is 0 Å². The van der Waals surface area contributed by atoms with Crippen molar-refractivity contribution >= 4 is 23.3 Å². The molecule has 1 aromatic rings. The van der Waals surface area contributed by atoms with E-state index < -0.39 is 0 Å². The van der Waals surface area contributed by atoms with Gasteiger partial charge in [-0.25, -0.2) is 4.98 Å². The smallest absolute Gasteiger partial charge is 0.170 e. The van der Waals surface area contributed by atoms with Gasteiger partial charge < -0.3 is 5.32 Å². The van der Waals surface area contributed by atoms with E-state index in [1.165, 1.54) is 11.5 Å². The molecule has 0 aliphatic rings. The van der Waals surface area contributed by atoms with Gasteiger partial charge in [-0.3, -0.25) is 0 Å². The Bertz CT molecular complexity index is 262. The topological polar surface area (TPSA) is 37.8 Å². The van der Waals surface area contributed by atoms with Gasteiger partial charge in [-0.1, -0.05) is 25.6 Å². The summed E-state index contributed by atoms with van der Waals surface area (Å²) in [5, 5.41) is 3.17. The third kappa shape index (κ3) is 3.94. The summed E-state index contributed by atoms with van der Waals surface area (Å²) >= 11 is 3.33. The van der Waals surface area contributed by atoms with E-state index in [2.05, 4.69) is 28.5 Å². The average Bonchev–Trinajstić information content (AvgIpc) is 2.63. The number of nitrogens with one attached hydrogen (secondary N) is 1. The minimum Gasteiger partial charge on any atom is -0.319 e. The lowest BCUT2D eigenvalue weighted by atomic mass is 10.2. The molecular weight excluding hydrogens is 214 g/mol. The van der Waals surface area contributed by atoms with Gasteiger partial charge in [-0.2, -0.15) is 4.37 Å². The van der Waals surface area contributed by atoms with Gasteiger partial charge in [-0.15, -0.1) is 0 Å². The summed E-state index contributed by atoms with van der Waals surface area (Å²) in [6, 6.07) is 0. The molecule has 0 saturated carbocycles. The zero-order valence-electron chi connectivity index (χ0n) is 8.91. The Morgan fingerprint density at radius 2 is 2.36 bits per heavy atom. The van der Waals surface area contributed by atoms with Crippen molar-refractivity contribution in [3.8, 4) is 0 Å². The van der Waals surface area contributed by atoms with Crippen LogP contribution >= 0.6 is 23.3 Å². The zero-order valence-corrected chi connectivity index (χ0v) is 10.5. The first-order valence-electron chi connectivity index (χ1n) is 4.86. The highest BCUT2D eigenvalue weighted by molar-refractivity contribution is 8.00. The van der Waals surface area contributed by atoms with Crippen LogP contribution in [0.5, 0.6) is 0 Å². The highest BCUT2D eigenvalue weighted by atomic mass is 32.2. The van der Waals surface area contributed by atoms with Gasteiger partial charge in [0, 0.05) is 12.2 Å². The highest BCUT2D eigenvalue weighted by Crippen LogP contribution is 2.22. The minimum absolute atomic E-state index is 0.680. The minimum atomic E-state index is 0.680. The lowest BCUT2D eigenvalue weighted by Gasteiger charge is -2.07. The van der Waals surface area contributed by atoms with E-state index in [-0.39, 0.29) is 0 Å². The Hall–Kier alpha value is -0.130. The number of nitrogens with zero attached hydrogens (tertiary/aromatic N) is 2. The third-order valence-electron chi connectivity index (χ3n) is 1.81. The van der Waals surface area contributed by atoms with Crippen LogP contribution in [0.25, 0.3) is 0 Å².